The van der Waals surface area contributed by atoms with E-state index in [2.05, 4.69) is 25.5 Å². The summed E-state index contributed by atoms with van der Waals surface area (Å²) in [5, 5.41) is 11.9. The summed E-state index contributed by atoms with van der Waals surface area (Å²) in [6.45, 7) is 3.92. The number of imidazole rings is 1. The number of aryl methyl sites for hydroxylation is 2. The van der Waals surface area contributed by atoms with Gasteiger partial charge < -0.3 is 20.0 Å². The molecule has 1 amide bonds. The normalized spacial score (nSPS) is 11.0. The number of rotatable bonds is 6. The van der Waals surface area contributed by atoms with Crippen LogP contribution in [0.25, 0.3) is 28.1 Å². The predicted molar refractivity (Wildman–Crippen MR) is 137 cm³/mol. The lowest BCUT2D eigenvalue weighted by atomic mass is 10.0. The molecular formula is C25H21ClN8O3. The fraction of sp³-hybridized carbons (Fsp3) is 0.120. The van der Waals surface area contributed by atoms with E-state index in [1.807, 2.05) is 26.0 Å². The second-order valence-corrected chi connectivity index (χ2v) is 8.81. The van der Waals surface area contributed by atoms with Crippen molar-refractivity contribution in [2.45, 2.75) is 20.4 Å². The molecule has 5 rings (SSSR count). The van der Waals surface area contributed by atoms with Crippen molar-refractivity contribution in [1.82, 2.24) is 34.7 Å². The minimum Gasteiger partial charge on any atom is -0.410 e. The lowest BCUT2D eigenvalue weighted by Crippen LogP contribution is -2.23. The Labute approximate surface area is 215 Å². The number of nitrogens with two attached hydrogens (primary N) is 1. The summed E-state index contributed by atoms with van der Waals surface area (Å²) in [6.07, 6.45) is 2.31. The Bertz CT molecular complexity index is 1670. The van der Waals surface area contributed by atoms with Crippen molar-refractivity contribution < 1.29 is 9.53 Å². The third-order valence-corrected chi connectivity index (χ3v) is 6.07. The third-order valence-electron chi connectivity index (χ3n) is 5.83. The van der Waals surface area contributed by atoms with Gasteiger partial charge in [-0.05, 0) is 77.9 Å². The third kappa shape index (κ3) is 4.98. The molecule has 0 spiro atoms. The molecule has 12 heteroatoms. The molecule has 5 aromatic rings. The highest BCUT2D eigenvalue weighted by atomic mass is 35.5. The fourth-order valence-corrected chi connectivity index (χ4v) is 4.25. The maximum absolute atomic E-state index is 13.2. The van der Waals surface area contributed by atoms with Gasteiger partial charge in [-0.3, -0.25) is 4.79 Å². The Morgan fingerprint density at radius 2 is 1.95 bits per heavy atom. The van der Waals surface area contributed by atoms with Crippen LogP contribution in [0.5, 0.6) is 5.75 Å². The topological polar surface area (TPSA) is 147 Å². The van der Waals surface area contributed by atoms with Crippen LogP contribution >= 0.6 is 11.6 Å². The lowest BCUT2D eigenvalue weighted by Gasteiger charge is -2.13. The summed E-state index contributed by atoms with van der Waals surface area (Å²) < 4.78 is 8.13. The van der Waals surface area contributed by atoms with Crippen LogP contribution in [0.15, 0.2) is 65.8 Å². The van der Waals surface area contributed by atoms with Gasteiger partial charge in [0.25, 0.3) is 5.56 Å². The molecule has 2 aromatic carbocycles. The summed E-state index contributed by atoms with van der Waals surface area (Å²) in [5.74, 6) is 1.00. The standard InChI is InChI=1S/C25H21ClN8O3/c1-14-7-16(3-6-22(14)37-25(27)36)20-11-28-23(30-20)12-33-15(2)8-17(9-24(33)35)19-10-18(26)4-5-21(19)34-13-29-31-32-34/h3-11,13H,12H2,1-2H3,(H2,27,36)(H,28,30). The van der Waals surface area contributed by atoms with Gasteiger partial charge in [0.2, 0.25) is 0 Å². The zero-order valence-corrected chi connectivity index (χ0v) is 20.6. The van der Waals surface area contributed by atoms with Crippen LogP contribution in [-0.2, 0) is 6.54 Å². The highest BCUT2D eigenvalue weighted by Crippen LogP contribution is 2.29. The molecule has 0 saturated carbocycles. The summed E-state index contributed by atoms with van der Waals surface area (Å²) in [4.78, 5) is 31.9. The van der Waals surface area contributed by atoms with Crippen molar-refractivity contribution in [3.05, 3.63) is 93.5 Å². The van der Waals surface area contributed by atoms with Gasteiger partial charge in [-0.25, -0.2) is 9.78 Å². The molecule has 0 radical (unpaired) electrons. The summed E-state index contributed by atoms with van der Waals surface area (Å²) >= 11 is 6.26. The molecule has 0 unspecified atom stereocenters. The van der Waals surface area contributed by atoms with E-state index in [1.165, 1.54) is 11.0 Å². The van der Waals surface area contributed by atoms with Crippen molar-refractivity contribution in [3.63, 3.8) is 0 Å². The number of H-pyrrole nitrogens is 1. The molecule has 0 aliphatic carbocycles. The van der Waals surface area contributed by atoms with Crippen molar-refractivity contribution >= 4 is 17.7 Å². The van der Waals surface area contributed by atoms with E-state index < -0.39 is 6.09 Å². The largest absolute Gasteiger partial charge is 0.410 e. The van der Waals surface area contributed by atoms with E-state index in [0.717, 1.165) is 28.1 Å². The predicted octanol–water partition coefficient (Wildman–Crippen LogP) is 3.66. The Morgan fingerprint density at radius 3 is 2.65 bits per heavy atom. The first-order valence-corrected chi connectivity index (χ1v) is 11.5. The Morgan fingerprint density at radius 1 is 1.11 bits per heavy atom. The van der Waals surface area contributed by atoms with Crippen LogP contribution in [0.3, 0.4) is 0 Å². The van der Waals surface area contributed by atoms with E-state index >= 15 is 0 Å². The number of tetrazole rings is 1. The Kier molecular flexibility index (Phi) is 6.28. The molecular weight excluding hydrogens is 496 g/mol. The maximum Gasteiger partial charge on any atom is 0.409 e. The summed E-state index contributed by atoms with van der Waals surface area (Å²) in [7, 11) is 0. The summed E-state index contributed by atoms with van der Waals surface area (Å²) in [6, 6.07) is 14.1. The number of carbonyl (C=O) groups excluding carboxylic acids is 1. The number of halogens is 1. The Hall–Kier alpha value is -4.77. The van der Waals surface area contributed by atoms with E-state index in [4.69, 9.17) is 22.1 Å². The van der Waals surface area contributed by atoms with Crippen molar-refractivity contribution in [1.29, 1.82) is 0 Å². The quantitative estimate of drug-likeness (QED) is 0.350. The average molecular weight is 517 g/mol. The number of pyridine rings is 1. The molecule has 0 aliphatic rings. The van der Waals surface area contributed by atoms with Gasteiger partial charge in [0, 0.05) is 27.9 Å². The van der Waals surface area contributed by atoms with Crippen molar-refractivity contribution in [2.75, 3.05) is 0 Å². The number of ether oxygens (including phenoxy) is 1. The first-order valence-electron chi connectivity index (χ1n) is 11.2. The molecule has 37 heavy (non-hydrogen) atoms. The zero-order valence-electron chi connectivity index (χ0n) is 19.8. The zero-order chi connectivity index (χ0) is 26.1. The molecule has 3 heterocycles. The van der Waals surface area contributed by atoms with Crippen LogP contribution in [-0.4, -0.2) is 40.8 Å². The Balaban J connectivity index is 1.43. The number of amides is 1. The molecule has 0 bridgehead atoms. The van der Waals surface area contributed by atoms with Gasteiger partial charge >= 0.3 is 6.09 Å². The number of benzene rings is 2. The first kappa shape index (κ1) is 23.9. The van der Waals surface area contributed by atoms with Crippen LogP contribution in [0, 0.1) is 13.8 Å². The van der Waals surface area contributed by atoms with Crippen LogP contribution in [0.2, 0.25) is 5.02 Å². The molecule has 3 N–H and O–H groups in total. The molecule has 0 saturated heterocycles. The minimum absolute atomic E-state index is 0.195. The van der Waals surface area contributed by atoms with Gasteiger partial charge in [-0.1, -0.05) is 11.6 Å². The SMILES string of the molecule is Cc1cc(-c2cnc(Cn3c(C)cc(-c4cc(Cl)ccc4-n4cnnn4)cc3=O)[nH]2)ccc1OC(N)=O. The van der Waals surface area contributed by atoms with Gasteiger partial charge in [0.15, 0.2) is 0 Å². The highest BCUT2D eigenvalue weighted by Gasteiger charge is 2.14. The number of nitrogens with one attached hydrogen (secondary N) is 1. The van der Waals surface area contributed by atoms with Crippen molar-refractivity contribution in [2.24, 2.45) is 5.73 Å². The smallest absolute Gasteiger partial charge is 0.409 e. The monoisotopic (exact) mass is 516 g/mol. The van der Waals surface area contributed by atoms with Crippen LogP contribution < -0.4 is 16.0 Å². The van der Waals surface area contributed by atoms with E-state index in [1.54, 1.807) is 47.2 Å². The van der Waals surface area contributed by atoms with Gasteiger partial charge in [0.05, 0.1) is 24.1 Å². The first-order chi connectivity index (χ1) is 17.8. The van der Waals surface area contributed by atoms with E-state index in [9.17, 15) is 9.59 Å². The van der Waals surface area contributed by atoms with E-state index in [-0.39, 0.29) is 12.1 Å². The molecule has 186 valence electrons. The number of primary amides is 1. The van der Waals surface area contributed by atoms with Crippen LogP contribution in [0.4, 0.5) is 4.79 Å². The number of nitrogens with zero attached hydrogens (tertiary/aromatic N) is 6. The molecule has 0 aliphatic heterocycles. The van der Waals surface area contributed by atoms with E-state index in [0.29, 0.717) is 27.8 Å². The second kappa shape index (κ2) is 9.70. The molecule has 11 nitrogen and oxygen atoms in total. The lowest BCUT2D eigenvalue weighted by molar-refractivity contribution is 0.210. The van der Waals surface area contributed by atoms with Gasteiger partial charge in [-0.15, -0.1) is 5.10 Å². The number of carbonyl (C=O) groups is 1. The number of hydrogen-bond donors (Lipinski definition) is 2. The minimum atomic E-state index is -0.867. The maximum atomic E-state index is 13.2. The fourth-order valence-electron chi connectivity index (χ4n) is 4.08. The van der Waals surface area contributed by atoms with Gasteiger partial charge in [0.1, 0.15) is 17.9 Å². The number of hydrogen-bond acceptors (Lipinski definition) is 7. The number of aromatic amines is 1. The molecule has 0 atom stereocenters. The van der Waals surface area contributed by atoms with Crippen LogP contribution in [0.1, 0.15) is 17.1 Å². The highest BCUT2D eigenvalue weighted by molar-refractivity contribution is 6.31. The molecule has 0 fully saturated rings. The van der Waals surface area contributed by atoms with Crippen molar-refractivity contribution in [3.8, 4) is 33.8 Å². The summed E-state index contributed by atoms with van der Waals surface area (Å²) in [5.41, 5.74) is 10.1. The van der Waals surface area contributed by atoms with Gasteiger partial charge in [-0.2, -0.15) is 4.68 Å². The average Bonchev–Trinajstić information content (AvgIpc) is 3.55. The molecule has 3 aromatic heterocycles. The number of aromatic nitrogens is 7. The second-order valence-electron chi connectivity index (χ2n) is 8.37.